The molecule has 0 radical (unpaired) electrons. The summed E-state index contributed by atoms with van der Waals surface area (Å²) >= 11 is 0. The lowest BCUT2D eigenvalue weighted by atomic mass is 10.1. The third-order valence-electron chi connectivity index (χ3n) is 4.92. The van der Waals surface area contributed by atoms with E-state index in [0.717, 1.165) is 55.7 Å². The third-order valence-corrected chi connectivity index (χ3v) is 4.92. The minimum absolute atomic E-state index is 0. The van der Waals surface area contributed by atoms with Crippen LogP contribution in [0.4, 0.5) is 0 Å². The molecule has 5 nitrogen and oxygen atoms in total. The fourth-order valence-corrected chi connectivity index (χ4v) is 2.77. The van der Waals surface area contributed by atoms with Gasteiger partial charge in [0.05, 0.1) is 26.2 Å². The van der Waals surface area contributed by atoms with Crippen LogP contribution in [0.3, 0.4) is 0 Å². The molecule has 0 aromatic rings. The molecule has 6 heteroatoms. The summed E-state index contributed by atoms with van der Waals surface area (Å²) in [5.41, 5.74) is 0. The fraction of sp³-hybridized carbons (Fsp3) is 0.800. The Balaban J connectivity index is 0. The molecular weight excluding hydrogens is 398 g/mol. The lowest BCUT2D eigenvalue weighted by Gasteiger charge is -2.35. The topological polar surface area (TPSA) is 52.6 Å². The molecule has 0 aliphatic heterocycles. The van der Waals surface area contributed by atoms with E-state index >= 15 is 0 Å². The van der Waals surface area contributed by atoms with E-state index in [9.17, 15) is 9.59 Å². The van der Waals surface area contributed by atoms with Gasteiger partial charge in [-0.3, -0.25) is 0 Å². The Hall–Kier alpha value is -0.880. The highest BCUT2D eigenvalue weighted by molar-refractivity contribution is 5.91. The molecule has 0 spiro atoms. The van der Waals surface area contributed by atoms with Crippen molar-refractivity contribution in [3.63, 3.8) is 0 Å². The summed E-state index contributed by atoms with van der Waals surface area (Å²) in [4.78, 5) is 23.2. The number of rotatable bonds is 15. The second-order valence-electron chi connectivity index (χ2n) is 6.45. The second-order valence-corrected chi connectivity index (χ2v) is 6.45. The number of carbonyl (C=O) groups excluding carboxylic acids is 2. The smallest absolute Gasteiger partial charge is 0.331 e. The monoisotopic (exact) mass is 435 g/mol. The zero-order valence-corrected chi connectivity index (χ0v) is 18.7. The van der Waals surface area contributed by atoms with Crippen LogP contribution in [-0.4, -0.2) is 55.8 Å². The van der Waals surface area contributed by atoms with E-state index in [1.807, 2.05) is 0 Å². The van der Waals surface area contributed by atoms with Gasteiger partial charge >= 0.3 is 11.9 Å². The first-order valence-electron chi connectivity index (χ1n) is 9.90. The Bertz CT molecular complexity index is 387. The van der Waals surface area contributed by atoms with Gasteiger partial charge in [0.1, 0.15) is 13.2 Å². The van der Waals surface area contributed by atoms with E-state index in [0.29, 0.717) is 13.2 Å². The Morgan fingerprint density at radius 1 is 0.731 bits per heavy atom. The third kappa shape index (κ3) is 13.3. The van der Waals surface area contributed by atoms with Crippen molar-refractivity contribution < 1.29 is 40.5 Å². The maximum Gasteiger partial charge on any atom is 0.331 e. The molecule has 0 rings (SSSR count). The van der Waals surface area contributed by atoms with Crippen molar-refractivity contribution in [2.24, 2.45) is 0 Å². The summed E-state index contributed by atoms with van der Waals surface area (Å²) < 4.78 is 11.2. The SMILES string of the molecule is CCCCCCCCOC(=O)C=CC(=O)OCC[N+](CC)(CC)CC.[Br-]. The number of ether oxygens (including phenoxy) is 2. The maximum atomic E-state index is 11.7. The van der Waals surface area contributed by atoms with Gasteiger partial charge in [0.25, 0.3) is 0 Å². The maximum absolute atomic E-state index is 11.7. The molecule has 0 bridgehead atoms. The van der Waals surface area contributed by atoms with E-state index in [2.05, 4.69) is 27.7 Å². The molecule has 0 atom stereocenters. The first kappa shape index (κ1) is 27.3. The second kappa shape index (κ2) is 17.5. The lowest BCUT2D eigenvalue weighted by Crippen LogP contribution is -3.00. The molecule has 0 aliphatic rings. The Labute approximate surface area is 170 Å². The molecule has 0 unspecified atom stereocenters. The summed E-state index contributed by atoms with van der Waals surface area (Å²) in [7, 11) is 0. The molecule has 0 amide bonds. The highest BCUT2D eigenvalue weighted by Crippen LogP contribution is 2.06. The van der Waals surface area contributed by atoms with Crippen molar-refractivity contribution >= 4 is 11.9 Å². The average Bonchev–Trinajstić information content (AvgIpc) is 2.63. The quantitative estimate of drug-likeness (QED) is 0.166. The summed E-state index contributed by atoms with van der Waals surface area (Å²) in [5, 5.41) is 0. The van der Waals surface area contributed by atoms with Gasteiger partial charge < -0.3 is 30.9 Å². The standard InChI is InChI=1S/C20H38NO4.BrH/c1-5-9-10-11-12-13-17-24-19(22)14-15-20(23)25-18-16-21(6-2,7-3)8-4;/h14-15H,5-13,16-18H2,1-4H3;1H/q+1;/p-1. The van der Waals surface area contributed by atoms with E-state index < -0.39 is 11.9 Å². The van der Waals surface area contributed by atoms with Crippen molar-refractivity contribution in [1.82, 2.24) is 0 Å². The number of hydrogen-bond donors (Lipinski definition) is 0. The van der Waals surface area contributed by atoms with Gasteiger partial charge in [0, 0.05) is 12.2 Å². The molecule has 0 aromatic heterocycles. The molecular formula is C20H38BrNO4. The lowest BCUT2D eigenvalue weighted by molar-refractivity contribution is -0.923. The Morgan fingerprint density at radius 3 is 1.69 bits per heavy atom. The van der Waals surface area contributed by atoms with E-state index in [1.54, 1.807) is 0 Å². The van der Waals surface area contributed by atoms with Gasteiger partial charge in [-0.15, -0.1) is 0 Å². The number of carbonyl (C=O) groups is 2. The van der Waals surface area contributed by atoms with Gasteiger partial charge in [-0.25, -0.2) is 9.59 Å². The predicted molar refractivity (Wildman–Crippen MR) is 101 cm³/mol. The number of hydrogen-bond acceptors (Lipinski definition) is 4. The first-order valence-corrected chi connectivity index (χ1v) is 9.90. The first-order chi connectivity index (χ1) is 12.0. The normalized spacial score (nSPS) is 11.2. The Kier molecular flexibility index (Phi) is 18.4. The molecule has 0 aliphatic carbocycles. The van der Waals surface area contributed by atoms with Gasteiger partial charge in [0.15, 0.2) is 0 Å². The highest BCUT2D eigenvalue weighted by atomic mass is 79.9. The minimum Gasteiger partial charge on any atom is -1.00 e. The summed E-state index contributed by atoms with van der Waals surface area (Å²) in [6.07, 6.45) is 9.17. The van der Waals surface area contributed by atoms with E-state index in [4.69, 9.17) is 9.47 Å². The van der Waals surface area contributed by atoms with Crippen LogP contribution in [0.5, 0.6) is 0 Å². The minimum atomic E-state index is -0.488. The molecule has 0 fully saturated rings. The van der Waals surface area contributed by atoms with Gasteiger partial charge in [-0.05, 0) is 27.2 Å². The molecule has 0 N–H and O–H groups in total. The zero-order valence-electron chi connectivity index (χ0n) is 17.1. The van der Waals surface area contributed by atoms with Crippen molar-refractivity contribution in [3.8, 4) is 0 Å². The number of quaternary nitrogens is 1. The highest BCUT2D eigenvalue weighted by Gasteiger charge is 2.20. The molecule has 0 aromatic carbocycles. The number of esters is 2. The van der Waals surface area contributed by atoms with Crippen LogP contribution in [0.2, 0.25) is 0 Å². The summed E-state index contributed by atoms with van der Waals surface area (Å²) in [5.74, 6) is -0.968. The zero-order chi connectivity index (χ0) is 19.0. The molecule has 154 valence electrons. The van der Waals surface area contributed by atoms with Crippen LogP contribution in [0.15, 0.2) is 12.2 Å². The van der Waals surface area contributed by atoms with E-state index in [1.165, 1.54) is 25.7 Å². The van der Waals surface area contributed by atoms with Crippen molar-refractivity contribution in [3.05, 3.63) is 12.2 Å². The number of likely N-dealkylation sites (N-methyl/N-ethyl adjacent to an activating group) is 1. The van der Waals surface area contributed by atoms with Crippen LogP contribution in [0, 0.1) is 0 Å². The van der Waals surface area contributed by atoms with Crippen LogP contribution < -0.4 is 17.0 Å². The van der Waals surface area contributed by atoms with Gasteiger partial charge in [0.2, 0.25) is 0 Å². The number of halogens is 1. The molecule has 0 saturated heterocycles. The number of unbranched alkanes of at least 4 members (excludes halogenated alkanes) is 5. The number of nitrogens with zero attached hydrogens (tertiary/aromatic N) is 1. The average molecular weight is 436 g/mol. The van der Waals surface area contributed by atoms with Gasteiger partial charge in [-0.1, -0.05) is 39.0 Å². The van der Waals surface area contributed by atoms with E-state index in [-0.39, 0.29) is 17.0 Å². The van der Waals surface area contributed by atoms with Crippen LogP contribution in [0.1, 0.15) is 66.2 Å². The largest absolute Gasteiger partial charge is 1.00 e. The van der Waals surface area contributed by atoms with Crippen molar-refractivity contribution in [1.29, 1.82) is 0 Å². The van der Waals surface area contributed by atoms with Crippen molar-refractivity contribution in [2.45, 2.75) is 66.2 Å². The summed E-state index contributed by atoms with van der Waals surface area (Å²) in [6, 6.07) is 0. The molecule has 26 heavy (non-hydrogen) atoms. The summed E-state index contributed by atoms with van der Waals surface area (Å²) in [6.45, 7) is 13.3. The van der Waals surface area contributed by atoms with Crippen LogP contribution >= 0.6 is 0 Å². The molecule has 0 heterocycles. The van der Waals surface area contributed by atoms with Crippen LogP contribution in [0.25, 0.3) is 0 Å². The van der Waals surface area contributed by atoms with Crippen LogP contribution in [-0.2, 0) is 19.1 Å². The Morgan fingerprint density at radius 2 is 1.19 bits per heavy atom. The van der Waals surface area contributed by atoms with Crippen molar-refractivity contribution in [2.75, 3.05) is 39.4 Å². The predicted octanol–water partition coefficient (Wildman–Crippen LogP) is 0.870. The van der Waals surface area contributed by atoms with Gasteiger partial charge in [-0.2, -0.15) is 0 Å². The molecule has 0 saturated carbocycles. The fourth-order valence-electron chi connectivity index (χ4n) is 2.77.